The normalized spacial score (nSPS) is 14.3. The lowest BCUT2D eigenvalue weighted by Crippen LogP contribution is -2.48. The minimum absolute atomic E-state index is 0.0451. The highest BCUT2D eigenvalue weighted by atomic mass is 16.3. The summed E-state index contributed by atoms with van der Waals surface area (Å²) < 4.78 is 0. The average molecular weight is 1380 g/mol. The van der Waals surface area contributed by atoms with Crippen LogP contribution >= 0.6 is 0 Å². The number of aliphatic hydroxyl groups is 1. The van der Waals surface area contributed by atoms with Gasteiger partial charge in [0.25, 0.3) is 0 Å². The Morgan fingerprint density at radius 2 is 0.663 bits per heavy atom. The number of carbonyl (C=O) groups excluding carboxylic acids is 8. The topological polar surface area (TPSA) is 345 Å². The fourth-order valence-electron chi connectivity index (χ4n) is 11.5. The number of carbonyl (C=O) groups is 8. The smallest absolute Gasteiger partial charge is 0.153 e. The summed E-state index contributed by atoms with van der Waals surface area (Å²) in [5.41, 5.74) is 23.1. The minimum atomic E-state index is -0.795. The third kappa shape index (κ3) is 46.7. The van der Waals surface area contributed by atoms with Crippen molar-refractivity contribution in [2.75, 3.05) is 26.2 Å². The molecular weight excluding hydrogens is 1230 g/mol. The van der Waals surface area contributed by atoms with Crippen molar-refractivity contribution in [2.24, 2.45) is 82.1 Å². The molecule has 1 unspecified atom stereocenters. The molecule has 0 aliphatic heterocycles. The van der Waals surface area contributed by atoms with Gasteiger partial charge in [0, 0.05) is 117 Å². The molecule has 98 heavy (non-hydrogen) atoms. The summed E-state index contributed by atoms with van der Waals surface area (Å²) in [6.45, 7) is 54.2. The van der Waals surface area contributed by atoms with Crippen LogP contribution in [0.2, 0.25) is 0 Å². The number of nitrogens with one attached hydrogen (secondary N) is 7. The molecule has 16 N–H and O–H groups in total. The number of nitrogens with two attached hydrogens (primary N) is 4. The van der Waals surface area contributed by atoms with Crippen LogP contribution in [0.3, 0.4) is 0 Å². The molecule has 1 rings (SSSR count). The van der Waals surface area contributed by atoms with Gasteiger partial charge in [0.05, 0.1) is 47.7 Å². The first-order valence-corrected chi connectivity index (χ1v) is 36.8. The summed E-state index contributed by atoms with van der Waals surface area (Å²) >= 11 is 0. The molecule has 0 spiro atoms. The first-order valence-electron chi connectivity index (χ1n) is 36.8. The van der Waals surface area contributed by atoms with Gasteiger partial charge < -0.3 is 65.3 Å². The SMILES string of the molecule is C=C(N)NCCC[C@H](CC(=O)[C@@H](NC(C)C)C(C)C)C(=O)C(C)C.C=C(N)NCCC[C@H](CC(=O)[C@@H](NC(C)C)C(C)C)C(=O)C(C)C.C=C(N)NCCC[C@H](CC(=O)[C@@H](NC(C)C)C(C)O)C(=O)C(C)C.CC(C)N[C@@H](Cc1ccccc1)C(=O)C[C@@H](CCCCN)C(=O)C(C)C. The van der Waals surface area contributed by atoms with E-state index in [1.54, 1.807) is 6.92 Å². The maximum absolute atomic E-state index is 13.0. The van der Waals surface area contributed by atoms with Gasteiger partial charge in [-0.3, -0.25) is 38.4 Å². The molecule has 0 aromatic heterocycles. The molecule has 1 aromatic carbocycles. The molecule has 1 aromatic rings. The Hall–Kier alpha value is -5.64. The number of Topliss-reactive ketones (excluding diaryl/α,β-unsaturated/α-hetero) is 8. The van der Waals surface area contributed by atoms with E-state index in [2.05, 4.69) is 57.0 Å². The van der Waals surface area contributed by atoms with Crippen LogP contribution in [0.1, 0.15) is 234 Å². The van der Waals surface area contributed by atoms with E-state index in [-0.39, 0.29) is 154 Å². The van der Waals surface area contributed by atoms with Crippen molar-refractivity contribution >= 4 is 46.3 Å². The van der Waals surface area contributed by atoms with E-state index in [0.717, 1.165) is 44.1 Å². The number of benzene rings is 1. The highest BCUT2D eigenvalue weighted by Crippen LogP contribution is 2.25. The van der Waals surface area contributed by atoms with E-state index < -0.39 is 12.1 Å². The number of hydrogen-bond donors (Lipinski definition) is 12. The van der Waals surface area contributed by atoms with Gasteiger partial charge in [-0.05, 0) is 88.7 Å². The molecule has 0 amide bonds. The number of hydrogen-bond acceptors (Lipinski definition) is 20. The van der Waals surface area contributed by atoms with Gasteiger partial charge in [0.1, 0.15) is 23.1 Å². The van der Waals surface area contributed by atoms with Gasteiger partial charge in [-0.25, -0.2) is 0 Å². The van der Waals surface area contributed by atoms with Crippen LogP contribution in [-0.2, 0) is 44.8 Å². The van der Waals surface area contributed by atoms with Crippen LogP contribution in [0.25, 0.3) is 0 Å². The molecule has 0 saturated heterocycles. The summed E-state index contributed by atoms with van der Waals surface area (Å²) in [6, 6.07) is 9.50. The lowest BCUT2D eigenvalue weighted by atomic mass is 9.84. The Labute approximate surface area is 595 Å². The van der Waals surface area contributed by atoms with Crippen LogP contribution in [-0.4, -0.2) is 132 Å². The van der Waals surface area contributed by atoms with E-state index in [1.807, 2.05) is 169 Å². The van der Waals surface area contributed by atoms with Crippen LogP contribution in [0.4, 0.5) is 0 Å². The van der Waals surface area contributed by atoms with Gasteiger partial charge in [0.2, 0.25) is 0 Å². The second-order valence-corrected chi connectivity index (χ2v) is 30.0. The van der Waals surface area contributed by atoms with Gasteiger partial charge in [-0.2, -0.15) is 0 Å². The van der Waals surface area contributed by atoms with Crippen LogP contribution in [0.15, 0.2) is 67.5 Å². The summed E-state index contributed by atoms with van der Waals surface area (Å²) in [5.74, 6) is 1.31. The highest BCUT2D eigenvalue weighted by Gasteiger charge is 2.34. The first kappa shape index (κ1) is 96.5. The Kier molecular flexibility index (Phi) is 53.4. The zero-order valence-electron chi connectivity index (χ0n) is 65.2. The molecule has 0 radical (unpaired) electrons. The van der Waals surface area contributed by atoms with E-state index in [0.29, 0.717) is 88.6 Å². The van der Waals surface area contributed by atoms with Crippen molar-refractivity contribution in [3.8, 4) is 0 Å². The quantitative estimate of drug-likeness (QED) is 0.0270. The molecule has 20 nitrogen and oxygen atoms in total. The van der Waals surface area contributed by atoms with E-state index in [4.69, 9.17) is 22.9 Å². The van der Waals surface area contributed by atoms with Crippen molar-refractivity contribution < 1.29 is 43.5 Å². The fourth-order valence-corrected chi connectivity index (χ4v) is 11.5. The zero-order valence-corrected chi connectivity index (χ0v) is 65.2. The largest absolute Gasteiger partial charge is 0.391 e. The molecule has 0 saturated carbocycles. The van der Waals surface area contributed by atoms with Crippen molar-refractivity contribution in [3.05, 3.63) is 73.1 Å². The fraction of sp³-hybridized carbons (Fsp3) is 0.744. The number of ketones is 8. The summed E-state index contributed by atoms with van der Waals surface area (Å²) in [4.78, 5) is 101. The molecule has 0 aliphatic carbocycles. The Balaban J connectivity index is -0.00000123. The maximum atomic E-state index is 13.0. The molecule has 0 fully saturated rings. The molecule has 0 aliphatic rings. The summed E-state index contributed by atoms with van der Waals surface area (Å²) in [7, 11) is 0. The van der Waals surface area contributed by atoms with Crippen molar-refractivity contribution in [1.29, 1.82) is 0 Å². The average Bonchev–Trinajstić information content (AvgIpc) is 0.916. The third-order valence-electron chi connectivity index (χ3n) is 16.5. The van der Waals surface area contributed by atoms with Crippen LogP contribution < -0.4 is 60.2 Å². The molecular formula is C78H145N11O9. The van der Waals surface area contributed by atoms with Gasteiger partial charge in [-0.15, -0.1) is 0 Å². The Morgan fingerprint density at radius 3 is 0.918 bits per heavy atom. The molecule has 20 heteroatoms. The highest BCUT2D eigenvalue weighted by molar-refractivity contribution is 5.94. The number of rotatable bonds is 52. The molecule has 0 heterocycles. The lowest BCUT2D eigenvalue weighted by Gasteiger charge is -2.26. The van der Waals surface area contributed by atoms with Crippen molar-refractivity contribution in [3.63, 3.8) is 0 Å². The van der Waals surface area contributed by atoms with Crippen LogP contribution in [0, 0.1) is 59.2 Å². The molecule has 566 valence electrons. The predicted octanol–water partition coefficient (Wildman–Crippen LogP) is 10.1. The van der Waals surface area contributed by atoms with E-state index in [9.17, 15) is 43.5 Å². The van der Waals surface area contributed by atoms with Gasteiger partial charge >= 0.3 is 0 Å². The third-order valence-corrected chi connectivity index (χ3v) is 16.5. The standard InChI is InChI=1S/C22H36N2O2.2C19H37N3O2.C18H35N3O3/c1-16(2)22(26)19(12-8-9-13-23)15-21(25)20(24-17(3)4)14-18-10-6-5-7-11-18;2*1-12(2)18(22-14(5)6)17(23)11-16(19(24)13(3)4)9-8-10-21-15(7)20;1-11(2)18(24)15(8-7-9-20-14(6)19)10-16(23)17(13(5)22)21-12(3)4/h5-7,10-11,16-17,19-20,24H,8-9,12-15,23H2,1-4H3;2*12-14,16,18,21-22H,7-11,20H2,1-6H3;11-13,15,17,20-22H,6-10,19H2,1-5H3/t19-,20+;2*16-,18+;13?,15-,17+/m1111/s1. The second-order valence-electron chi connectivity index (χ2n) is 30.0. The predicted molar refractivity (Wildman–Crippen MR) is 406 cm³/mol. The molecule has 9 atom stereocenters. The van der Waals surface area contributed by atoms with Crippen molar-refractivity contribution in [1.82, 2.24) is 37.2 Å². The lowest BCUT2D eigenvalue weighted by molar-refractivity contribution is -0.132. The monoisotopic (exact) mass is 1380 g/mol. The minimum Gasteiger partial charge on any atom is -0.391 e. The maximum Gasteiger partial charge on any atom is 0.153 e. The van der Waals surface area contributed by atoms with Crippen LogP contribution in [0.5, 0.6) is 0 Å². The van der Waals surface area contributed by atoms with Gasteiger partial charge in [0.15, 0.2) is 23.1 Å². The number of aliphatic hydroxyl groups excluding tert-OH is 1. The summed E-state index contributed by atoms with van der Waals surface area (Å²) in [6.07, 6.45) is 7.78. The second kappa shape index (κ2) is 54.2. The first-order chi connectivity index (χ1) is 45.5. The van der Waals surface area contributed by atoms with Crippen molar-refractivity contribution in [2.45, 2.75) is 290 Å². The molecule has 0 bridgehead atoms. The Bertz CT molecular complexity index is 2270. The Morgan fingerprint density at radius 1 is 0.388 bits per heavy atom. The zero-order chi connectivity index (χ0) is 76.1. The van der Waals surface area contributed by atoms with Gasteiger partial charge in [-0.1, -0.05) is 195 Å². The number of unbranched alkanes of at least 4 members (excludes halogenated alkanes) is 1. The van der Waals surface area contributed by atoms with E-state index in [1.165, 1.54) is 0 Å². The van der Waals surface area contributed by atoms with E-state index >= 15 is 0 Å². The summed E-state index contributed by atoms with van der Waals surface area (Å²) in [5, 5.41) is 31.9.